The van der Waals surface area contributed by atoms with Crippen LogP contribution in [-0.4, -0.2) is 50.2 Å². The van der Waals surface area contributed by atoms with Gasteiger partial charge in [-0.3, -0.25) is 4.79 Å². The number of sulfonamides is 1. The van der Waals surface area contributed by atoms with Crippen LogP contribution in [0, 0.1) is 0 Å². The van der Waals surface area contributed by atoms with Crippen molar-refractivity contribution in [2.75, 3.05) is 26.7 Å². The number of nitrogens with zero attached hydrogens (tertiary/aromatic N) is 2. The predicted molar refractivity (Wildman–Crippen MR) is 84.8 cm³/mol. The molecule has 116 valence electrons. The second-order valence-electron chi connectivity index (χ2n) is 4.92. The Hall–Kier alpha value is -0.630. The topological polar surface area (TPSA) is 57.7 Å². The van der Waals surface area contributed by atoms with Crippen LogP contribution >= 0.6 is 27.5 Å². The normalized spacial score (nSPS) is 15.7. The lowest BCUT2D eigenvalue weighted by Crippen LogP contribution is -2.39. The maximum Gasteiger partial charge on any atom is 0.243 e. The fraction of sp³-hybridized carbons (Fsp3) is 0.462. The highest BCUT2D eigenvalue weighted by Crippen LogP contribution is 2.26. The molecular formula is C13H16BrClN2O3S. The number of hydrogen-bond acceptors (Lipinski definition) is 3. The lowest BCUT2D eigenvalue weighted by molar-refractivity contribution is -0.130. The summed E-state index contributed by atoms with van der Waals surface area (Å²) in [6.45, 7) is 1.26. The summed E-state index contributed by atoms with van der Waals surface area (Å²) < 4.78 is 26.5. The summed E-state index contributed by atoms with van der Waals surface area (Å²) in [6, 6.07) is 4.38. The van der Waals surface area contributed by atoms with Gasteiger partial charge in [0.05, 0.1) is 16.5 Å². The van der Waals surface area contributed by atoms with E-state index >= 15 is 0 Å². The highest BCUT2D eigenvalue weighted by atomic mass is 79.9. The second kappa shape index (κ2) is 6.64. The lowest BCUT2D eigenvalue weighted by Gasteiger charge is -2.21. The molecule has 0 saturated carbocycles. The van der Waals surface area contributed by atoms with Gasteiger partial charge in [0, 0.05) is 24.6 Å². The van der Waals surface area contributed by atoms with Gasteiger partial charge in [-0.05, 0) is 47.0 Å². The number of carbonyl (C=O) groups excluding carboxylic acids is 1. The number of benzene rings is 1. The summed E-state index contributed by atoms with van der Waals surface area (Å²) in [5.74, 6) is -0.161. The van der Waals surface area contributed by atoms with Crippen molar-refractivity contribution in [3.05, 3.63) is 27.7 Å². The van der Waals surface area contributed by atoms with E-state index in [0.29, 0.717) is 22.6 Å². The summed E-state index contributed by atoms with van der Waals surface area (Å²) >= 11 is 9.07. The second-order valence-corrected chi connectivity index (χ2v) is 8.23. The van der Waals surface area contributed by atoms with E-state index in [0.717, 1.165) is 17.1 Å². The van der Waals surface area contributed by atoms with Gasteiger partial charge in [-0.2, -0.15) is 4.31 Å². The molecule has 0 atom stereocenters. The van der Waals surface area contributed by atoms with E-state index < -0.39 is 10.0 Å². The van der Waals surface area contributed by atoms with Gasteiger partial charge in [0.25, 0.3) is 0 Å². The van der Waals surface area contributed by atoms with Crippen LogP contribution in [0.3, 0.4) is 0 Å². The van der Waals surface area contributed by atoms with Crippen molar-refractivity contribution in [3.63, 3.8) is 0 Å². The summed E-state index contributed by atoms with van der Waals surface area (Å²) in [5.41, 5.74) is 0. The first kappa shape index (κ1) is 16.7. The highest BCUT2D eigenvalue weighted by molar-refractivity contribution is 9.10. The highest BCUT2D eigenvalue weighted by Gasteiger charge is 2.26. The first-order valence-electron chi connectivity index (χ1n) is 6.51. The first-order valence-corrected chi connectivity index (χ1v) is 9.12. The predicted octanol–water partition coefficient (Wildman–Crippen LogP) is 2.35. The molecule has 8 heteroatoms. The summed E-state index contributed by atoms with van der Waals surface area (Å²) in [7, 11) is -2.30. The van der Waals surface area contributed by atoms with Crippen molar-refractivity contribution in [2.24, 2.45) is 0 Å². The van der Waals surface area contributed by atoms with Crippen molar-refractivity contribution >= 4 is 43.5 Å². The van der Waals surface area contributed by atoms with Crippen LogP contribution in [0.2, 0.25) is 5.02 Å². The summed E-state index contributed by atoms with van der Waals surface area (Å²) in [6.07, 6.45) is 1.96. The monoisotopic (exact) mass is 394 g/mol. The van der Waals surface area contributed by atoms with E-state index in [9.17, 15) is 13.2 Å². The maximum absolute atomic E-state index is 12.4. The molecular weight excluding hydrogens is 380 g/mol. The standard InChI is InChI=1S/C13H16BrClN2O3S/c1-16(9-13(18)17-6-2-3-7-17)21(19,20)10-4-5-12(15)11(14)8-10/h4-5,8H,2-3,6-7,9H2,1H3. The van der Waals surface area contributed by atoms with E-state index in [1.54, 1.807) is 4.90 Å². The van der Waals surface area contributed by atoms with Gasteiger partial charge in [0.15, 0.2) is 0 Å². The molecule has 0 spiro atoms. The van der Waals surface area contributed by atoms with Crippen LogP contribution in [0.1, 0.15) is 12.8 Å². The quantitative estimate of drug-likeness (QED) is 0.786. The SMILES string of the molecule is CN(CC(=O)N1CCCC1)S(=O)(=O)c1ccc(Cl)c(Br)c1. The Kier molecular flexibility index (Phi) is 5.29. The van der Waals surface area contributed by atoms with Crippen LogP contribution in [0.5, 0.6) is 0 Å². The number of likely N-dealkylation sites (N-methyl/N-ethyl adjacent to an activating group) is 1. The molecule has 1 aromatic rings. The van der Waals surface area contributed by atoms with Crippen molar-refractivity contribution in [1.29, 1.82) is 0 Å². The molecule has 1 heterocycles. The molecule has 21 heavy (non-hydrogen) atoms. The Morgan fingerprint density at radius 2 is 2.00 bits per heavy atom. The smallest absolute Gasteiger partial charge is 0.243 e. The average molecular weight is 396 g/mol. The van der Waals surface area contributed by atoms with Gasteiger partial charge in [-0.15, -0.1) is 0 Å². The minimum absolute atomic E-state index is 0.107. The molecule has 1 fully saturated rings. The zero-order chi connectivity index (χ0) is 15.6. The van der Waals surface area contributed by atoms with Gasteiger partial charge >= 0.3 is 0 Å². The number of hydrogen-bond donors (Lipinski definition) is 0. The number of amides is 1. The Morgan fingerprint density at radius 1 is 1.38 bits per heavy atom. The van der Waals surface area contributed by atoms with Crippen molar-refractivity contribution < 1.29 is 13.2 Å². The third-order valence-electron chi connectivity index (χ3n) is 3.42. The molecule has 0 bridgehead atoms. The molecule has 1 aromatic carbocycles. The number of carbonyl (C=O) groups is 1. The zero-order valence-electron chi connectivity index (χ0n) is 11.6. The average Bonchev–Trinajstić information content (AvgIpc) is 2.95. The maximum atomic E-state index is 12.4. The van der Waals surface area contributed by atoms with Gasteiger partial charge < -0.3 is 4.90 Å². The van der Waals surface area contributed by atoms with E-state index in [1.807, 2.05) is 0 Å². The third kappa shape index (κ3) is 3.77. The van der Waals surface area contributed by atoms with Gasteiger partial charge in [-0.1, -0.05) is 11.6 Å². The molecule has 5 nitrogen and oxygen atoms in total. The van der Waals surface area contributed by atoms with Crippen LogP contribution in [0.25, 0.3) is 0 Å². The number of rotatable bonds is 4. The fourth-order valence-electron chi connectivity index (χ4n) is 2.16. The van der Waals surface area contributed by atoms with E-state index in [2.05, 4.69) is 15.9 Å². The largest absolute Gasteiger partial charge is 0.342 e. The molecule has 0 radical (unpaired) electrons. The van der Waals surface area contributed by atoms with E-state index in [4.69, 9.17) is 11.6 Å². The van der Waals surface area contributed by atoms with Gasteiger partial charge in [0.1, 0.15) is 0 Å². The fourth-order valence-corrected chi connectivity index (χ4v) is 3.95. The summed E-state index contributed by atoms with van der Waals surface area (Å²) in [5, 5.41) is 0.435. The van der Waals surface area contributed by atoms with Crippen LogP contribution < -0.4 is 0 Å². The molecule has 0 N–H and O–H groups in total. The molecule has 1 aliphatic heterocycles. The zero-order valence-corrected chi connectivity index (χ0v) is 14.7. The minimum atomic E-state index is -3.71. The van der Waals surface area contributed by atoms with Crippen LogP contribution in [0.4, 0.5) is 0 Å². The third-order valence-corrected chi connectivity index (χ3v) is 6.43. The van der Waals surface area contributed by atoms with E-state index in [1.165, 1.54) is 25.2 Å². The van der Waals surface area contributed by atoms with Crippen molar-refractivity contribution in [2.45, 2.75) is 17.7 Å². The van der Waals surface area contributed by atoms with Crippen molar-refractivity contribution in [3.8, 4) is 0 Å². The van der Waals surface area contributed by atoms with Gasteiger partial charge in [0.2, 0.25) is 15.9 Å². The number of likely N-dealkylation sites (tertiary alicyclic amines) is 1. The van der Waals surface area contributed by atoms with Crippen molar-refractivity contribution in [1.82, 2.24) is 9.21 Å². The number of halogens is 2. The molecule has 0 aromatic heterocycles. The van der Waals surface area contributed by atoms with Gasteiger partial charge in [-0.25, -0.2) is 8.42 Å². The van der Waals surface area contributed by atoms with Crippen LogP contribution in [-0.2, 0) is 14.8 Å². The Balaban J connectivity index is 2.14. The Labute approximate surface area is 138 Å². The molecule has 1 amide bonds. The molecule has 1 aliphatic rings. The van der Waals surface area contributed by atoms with Crippen LogP contribution in [0.15, 0.2) is 27.6 Å². The molecule has 0 aliphatic carbocycles. The first-order chi connectivity index (χ1) is 9.82. The molecule has 1 saturated heterocycles. The lowest BCUT2D eigenvalue weighted by atomic mass is 10.4. The Bertz CT molecular complexity index is 645. The van der Waals surface area contributed by atoms with E-state index in [-0.39, 0.29) is 17.3 Å². The molecule has 2 rings (SSSR count). The Morgan fingerprint density at radius 3 is 2.57 bits per heavy atom. The molecule has 0 unspecified atom stereocenters. The summed E-state index contributed by atoms with van der Waals surface area (Å²) in [4.78, 5) is 13.8. The minimum Gasteiger partial charge on any atom is -0.342 e.